The summed E-state index contributed by atoms with van der Waals surface area (Å²) in [6.07, 6.45) is 1.70. The lowest BCUT2D eigenvalue weighted by Crippen LogP contribution is -2.48. The summed E-state index contributed by atoms with van der Waals surface area (Å²) in [5, 5.41) is 0. The van der Waals surface area contributed by atoms with Crippen LogP contribution in [-0.2, 0) is 24.2 Å². The third kappa shape index (κ3) is 4.49. The molecule has 1 aromatic rings. The molecule has 0 aliphatic heterocycles. The van der Waals surface area contributed by atoms with Crippen molar-refractivity contribution in [3.05, 3.63) is 29.3 Å². The molecular weight excluding hydrogens is 390 g/mol. The third-order valence-corrected chi connectivity index (χ3v) is 8.28. The number of carbonyl (C=O) groups excluding carboxylic acids is 2. The van der Waals surface area contributed by atoms with E-state index in [1.54, 1.807) is 24.0 Å². The Morgan fingerprint density at radius 2 is 1.62 bits per heavy atom. The topological polar surface area (TPSA) is 80.7 Å². The zero-order chi connectivity index (χ0) is 22.0. The number of amides is 1. The molecular formula is C22H33NO5S. The van der Waals surface area contributed by atoms with Crippen molar-refractivity contribution in [3.8, 4) is 0 Å². The zero-order valence-electron chi connectivity index (χ0n) is 18.3. The van der Waals surface area contributed by atoms with Crippen LogP contribution in [0.4, 0.5) is 0 Å². The maximum Gasteiger partial charge on any atom is 0.328 e. The highest BCUT2D eigenvalue weighted by Crippen LogP contribution is 2.42. The summed E-state index contributed by atoms with van der Waals surface area (Å²) < 4.78 is 30.9. The molecule has 0 radical (unpaired) electrons. The van der Waals surface area contributed by atoms with E-state index in [4.69, 9.17) is 4.74 Å². The Bertz CT molecular complexity index is 859. The Morgan fingerprint density at radius 3 is 2.14 bits per heavy atom. The number of hydrogen-bond acceptors (Lipinski definition) is 5. The van der Waals surface area contributed by atoms with E-state index in [-0.39, 0.29) is 35.7 Å². The fraction of sp³-hybridized carbons (Fsp3) is 0.636. The van der Waals surface area contributed by atoms with Gasteiger partial charge in [-0.15, -0.1) is 0 Å². The van der Waals surface area contributed by atoms with Crippen LogP contribution in [0.1, 0.15) is 64.5 Å². The normalized spacial score (nSPS) is 16.3. The lowest BCUT2D eigenvalue weighted by atomic mass is 10.1. The second kappa shape index (κ2) is 8.86. The molecule has 0 heterocycles. The van der Waals surface area contributed by atoms with Crippen molar-refractivity contribution in [2.45, 2.75) is 89.0 Å². The fourth-order valence-electron chi connectivity index (χ4n) is 4.24. The van der Waals surface area contributed by atoms with Gasteiger partial charge in [-0.2, -0.15) is 0 Å². The Balaban J connectivity index is 2.32. The highest BCUT2D eigenvalue weighted by atomic mass is 32.2. The van der Waals surface area contributed by atoms with E-state index in [9.17, 15) is 18.0 Å². The van der Waals surface area contributed by atoms with Crippen LogP contribution in [0.3, 0.4) is 0 Å². The highest BCUT2D eigenvalue weighted by Gasteiger charge is 2.54. The van der Waals surface area contributed by atoms with Gasteiger partial charge in [0.2, 0.25) is 0 Å². The van der Waals surface area contributed by atoms with Gasteiger partial charge in [-0.25, -0.2) is 8.42 Å². The summed E-state index contributed by atoms with van der Waals surface area (Å²) in [6.45, 7) is 10.7. The number of esters is 1. The first-order valence-corrected chi connectivity index (χ1v) is 11.7. The quantitative estimate of drug-likeness (QED) is 0.626. The van der Waals surface area contributed by atoms with Gasteiger partial charge >= 0.3 is 5.97 Å². The van der Waals surface area contributed by atoms with Gasteiger partial charge in [-0.3, -0.25) is 9.59 Å². The molecule has 1 aliphatic rings. The van der Waals surface area contributed by atoms with Gasteiger partial charge in [-0.1, -0.05) is 25.0 Å². The molecule has 1 aliphatic carbocycles. The molecule has 162 valence electrons. The molecule has 0 spiro atoms. The monoisotopic (exact) mass is 423 g/mol. The first kappa shape index (κ1) is 23.4. The van der Waals surface area contributed by atoms with E-state index in [0.717, 1.165) is 5.56 Å². The van der Waals surface area contributed by atoms with Crippen molar-refractivity contribution in [1.29, 1.82) is 0 Å². The molecule has 1 amide bonds. The Morgan fingerprint density at radius 1 is 1.07 bits per heavy atom. The number of benzene rings is 1. The van der Waals surface area contributed by atoms with Crippen LogP contribution in [0.25, 0.3) is 0 Å². The minimum atomic E-state index is -3.95. The Labute approximate surface area is 174 Å². The van der Waals surface area contributed by atoms with Crippen LogP contribution < -0.4 is 0 Å². The van der Waals surface area contributed by atoms with Gasteiger partial charge in [0.15, 0.2) is 21.2 Å². The minimum Gasteiger partial charge on any atom is -0.454 e. The van der Waals surface area contributed by atoms with Crippen molar-refractivity contribution in [2.75, 3.05) is 6.61 Å². The Kier molecular flexibility index (Phi) is 7.14. The summed E-state index contributed by atoms with van der Waals surface area (Å²) in [5.74, 6) is -1.13. The maximum atomic E-state index is 13.6. The van der Waals surface area contributed by atoms with Crippen molar-refractivity contribution in [1.82, 2.24) is 4.90 Å². The van der Waals surface area contributed by atoms with Crippen LogP contribution in [-0.4, -0.2) is 48.6 Å². The van der Waals surface area contributed by atoms with E-state index >= 15 is 0 Å². The molecule has 0 bridgehead atoms. The third-order valence-electron chi connectivity index (χ3n) is 5.66. The summed E-state index contributed by atoms with van der Waals surface area (Å²) in [7, 11) is -3.95. The van der Waals surface area contributed by atoms with Crippen molar-refractivity contribution in [2.24, 2.45) is 0 Å². The summed E-state index contributed by atoms with van der Waals surface area (Å²) in [5.41, 5.74) is 1.42. The number of nitrogens with zero attached hydrogens (tertiary/aromatic N) is 1. The van der Waals surface area contributed by atoms with E-state index < -0.39 is 27.2 Å². The number of carbonyl (C=O) groups is 2. The summed E-state index contributed by atoms with van der Waals surface area (Å²) in [6, 6.07) is 5.13. The fourth-order valence-corrected chi connectivity index (χ4v) is 6.60. The lowest BCUT2D eigenvalue weighted by Gasteiger charge is -2.31. The molecule has 29 heavy (non-hydrogen) atoms. The number of hydrogen-bond donors (Lipinski definition) is 0. The molecule has 1 saturated carbocycles. The largest absolute Gasteiger partial charge is 0.454 e. The Hall–Kier alpha value is -1.89. The van der Waals surface area contributed by atoms with Crippen LogP contribution in [0.15, 0.2) is 23.1 Å². The smallest absolute Gasteiger partial charge is 0.328 e. The minimum absolute atomic E-state index is 0.0414. The molecule has 0 N–H and O–H groups in total. The molecule has 2 rings (SSSR count). The van der Waals surface area contributed by atoms with E-state index in [1.807, 2.05) is 40.7 Å². The van der Waals surface area contributed by atoms with E-state index in [2.05, 4.69) is 0 Å². The van der Waals surface area contributed by atoms with Gasteiger partial charge in [0.1, 0.15) is 0 Å². The summed E-state index contributed by atoms with van der Waals surface area (Å²) in [4.78, 5) is 27.5. The second-order valence-corrected chi connectivity index (χ2v) is 10.8. The van der Waals surface area contributed by atoms with Crippen LogP contribution in [0.5, 0.6) is 0 Å². The van der Waals surface area contributed by atoms with E-state index in [0.29, 0.717) is 18.4 Å². The van der Waals surface area contributed by atoms with Crippen LogP contribution in [0.2, 0.25) is 0 Å². The van der Waals surface area contributed by atoms with Crippen molar-refractivity contribution in [3.63, 3.8) is 0 Å². The second-order valence-electron chi connectivity index (χ2n) is 8.54. The summed E-state index contributed by atoms with van der Waals surface area (Å²) >= 11 is 0. The molecule has 0 atom stereocenters. The predicted octanol–water partition coefficient (Wildman–Crippen LogP) is 3.58. The molecule has 6 nitrogen and oxygen atoms in total. The molecule has 0 aromatic heterocycles. The molecule has 1 fully saturated rings. The van der Waals surface area contributed by atoms with Crippen LogP contribution in [0, 0.1) is 13.8 Å². The molecule has 7 heteroatoms. The highest BCUT2D eigenvalue weighted by molar-refractivity contribution is 7.93. The van der Waals surface area contributed by atoms with Gasteiger partial charge in [0.25, 0.3) is 5.91 Å². The SMILES string of the molecule is Cc1ccc(C)c(S(=O)(=O)C2(C(=O)OCC(=O)N(C(C)C)C(C)C)CCCC2)c1. The van der Waals surface area contributed by atoms with Gasteiger partial charge in [0.05, 0.1) is 4.90 Å². The standard InChI is InChI=1S/C22H33NO5S/c1-15(2)23(16(3)4)20(24)14-28-21(25)22(11-7-8-12-22)29(26,27)19-13-17(5)9-10-18(19)6/h9-10,13,15-16H,7-8,11-12,14H2,1-6H3. The van der Waals surface area contributed by atoms with Gasteiger partial charge in [-0.05, 0) is 71.6 Å². The number of aryl methyl sites for hydroxylation is 2. The van der Waals surface area contributed by atoms with Gasteiger partial charge < -0.3 is 9.64 Å². The zero-order valence-corrected chi connectivity index (χ0v) is 19.1. The number of ether oxygens (including phenoxy) is 1. The average Bonchev–Trinajstić information content (AvgIpc) is 3.12. The first-order chi connectivity index (χ1) is 13.4. The average molecular weight is 424 g/mol. The number of rotatable bonds is 7. The van der Waals surface area contributed by atoms with E-state index in [1.165, 1.54) is 0 Å². The van der Waals surface area contributed by atoms with Crippen molar-refractivity contribution >= 4 is 21.7 Å². The van der Waals surface area contributed by atoms with Gasteiger partial charge in [0, 0.05) is 12.1 Å². The first-order valence-electron chi connectivity index (χ1n) is 10.2. The predicted molar refractivity (Wildman–Crippen MR) is 112 cm³/mol. The molecule has 1 aromatic carbocycles. The van der Waals surface area contributed by atoms with Crippen molar-refractivity contribution < 1.29 is 22.7 Å². The molecule has 0 unspecified atom stereocenters. The maximum absolute atomic E-state index is 13.6. The molecule has 0 saturated heterocycles. The number of sulfone groups is 1. The lowest BCUT2D eigenvalue weighted by molar-refractivity contribution is -0.155. The van der Waals surface area contributed by atoms with Crippen LogP contribution >= 0.6 is 0 Å².